The summed E-state index contributed by atoms with van der Waals surface area (Å²) < 4.78 is 23.4. The quantitative estimate of drug-likeness (QED) is 0.728. The van der Waals surface area contributed by atoms with Gasteiger partial charge in [-0.2, -0.15) is 0 Å². The van der Waals surface area contributed by atoms with Crippen molar-refractivity contribution in [3.05, 3.63) is 71.8 Å². The fourth-order valence-electron chi connectivity index (χ4n) is 2.55. The predicted molar refractivity (Wildman–Crippen MR) is 93.6 cm³/mol. The second-order valence-electron chi connectivity index (χ2n) is 5.41. The summed E-state index contributed by atoms with van der Waals surface area (Å²) in [4.78, 5) is 0. The van der Waals surface area contributed by atoms with Crippen LogP contribution >= 0.6 is 7.60 Å². The number of benzene rings is 2. The van der Waals surface area contributed by atoms with E-state index in [4.69, 9.17) is 9.05 Å². The molecule has 0 aliphatic heterocycles. The predicted octanol–water partition coefficient (Wildman–Crippen LogP) is 4.39. The van der Waals surface area contributed by atoms with Gasteiger partial charge in [0.1, 0.15) is 5.78 Å². The summed E-state index contributed by atoms with van der Waals surface area (Å²) in [5.41, 5.74) is 2.21. The first-order valence-corrected chi connectivity index (χ1v) is 9.26. The van der Waals surface area contributed by atoms with Crippen molar-refractivity contribution in [2.24, 2.45) is 0 Å². The minimum Gasteiger partial charge on any atom is -0.311 e. The molecule has 0 aliphatic rings. The van der Waals surface area contributed by atoms with Gasteiger partial charge in [0, 0.05) is 20.3 Å². The number of hydrogen-bond donors (Lipinski definition) is 1. The van der Waals surface area contributed by atoms with Crippen LogP contribution in [0.25, 0.3) is 0 Å². The molecule has 0 heterocycles. The molecular formula is C18H24NO3P. The molecule has 0 radical (unpaired) electrons. The van der Waals surface area contributed by atoms with Gasteiger partial charge in [-0.25, -0.2) is 0 Å². The molecule has 1 N–H and O–H groups in total. The van der Waals surface area contributed by atoms with Gasteiger partial charge < -0.3 is 9.05 Å². The van der Waals surface area contributed by atoms with Crippen molar-refractivity contribution in [1.29, 1.82) is 0 Å². The molecule has 0 amide bonds. The van der Waals surface area contributed by atoms with Crippen molar-refractivity contribution in [1.82, 2.24) is 5.32 Å². The van der Waals surface area contributed by atoms with E-state index in [1.807, 2.05) is 67.6 Å². The summed E-state index contributed by atoms with van der Waals surface area (Å²) in [6.07, 6.45) is 0.566. The van der Waals surface area contributed by atoms with E-state index >= 15 is 0 Å². The van der Waals surface area contributed by atoms with Crippen molar-refractivity contribution in [2.75, 3.05) is 14.2 Å². The first-order valence-electron chi connectivity index (χ1n) is 7.65. The third-order valence-electron chi connectivity index (χ3n) is 3.90. The maximum Gasteiger partial charge on any atom is 0.347 e. The highest BCUT2D eigenvalue weighted by atomic mass is 31.2. The van der Waals surface area contributed by atoms with Crippen molar-refractivity contribution in [2.45, 2.75) is 25.2 Å². The van der Waals surface area contributed by atoms with Crippen molar-refractivity contribution in [3.8, 4) is 0 Å². The summed E-state index contributed by atoms with van der Waals surface area (Å²) >= 11 is 0. The van der Waals surface area contributed by atoms with E-state index in [1.165, 1.54) is 14.2 Å². The number of hydrogen-bond acceptors (Lipinski definition) is 4. The lowest BCUT2D eigenvalue weighted by Gasteiger charge is -2.28. The smallest absolute Gasteiger partial charge is 0.311 e. The molecule has 0 fully saturated rings. The Kier molecular flexibility index (Phi) is 6.55. The average Bonchev–Trinajstić information content (AvgIpc) is 2.62. The molecule has 2 rings (SSSR count). The lowest BCUT2D eigenvalue weighted by Crippen LogP contribution is -2.34. The van der Waals surface area contributed by atoms with E-state index in [0.29, 0.717) is 6.42 Å². The van der Waals surface area contributed by atoms with Crippen LogP contribution in [-0.2, 0) is 20.0 Å². The highest BCUT2D eigenvalue weighted by Crippen LogP contribution is 2.52. The zero-order valence-corrected chi connectivity index (χ0v) is 14.7. The molecule has 0 spiro atoms. The second-order valence-corrected chi connectivity index (χ2v) is 7.84. The van der Waals surface area contributed by atoms with Crippen LogP contribution < -0.4 is 5.32 Å². The largest absolute Gasteiger partial charge is 0.347 e. The Morgan fingerprint density at radius 3 is 2.00 bits per heavy atom. The van der Waals surface area contributed by atoms with Crippen LogP contribution in [0.2, 0.25) is 0 Å². The highest BCUT2D eigenvalue weighted by molar-refractivity contribution is 7.54. The Morgan fingerprint density at radius 1 is 0.957 bits per heavy atom. The van der Waals surface area contributed by atoms with Crippen molar-refractivity contribution in [3.63, 3.8) is 0 Å². The molecule has 124 valence electrons. The Balaban J connectivity index is 2.21. The fourth-order valence-corrected chi connectivity index (χ4v) is 4.05. The third-order valence-corrected chi connectivity index (χ3v) is 6.02. The number of rotatable bonds is 8. The van der Waals surface area contributed by atoms with E-state index in [9.17, 15) is 4.57 Å². The van der Waals surface area contributed by atoms with E-state index in [0.717, 1.165) is 11.1 Å². The topological polar surface area (TPSA) is 47.6 Å². The van der Waals surface area contributed by atoms with Crippen LogP contribution in [-0.4, -0.2) is 20.0 Å². The first-order chi connectivity index (χ1) is 11.1. The van der Waals surface area contributed by atoms with E-state index in [2.05, 4.69) is 5.32 Å². The van der Waals surface area contributed by atoms with Gasteiger partial charge in [0.25, 0.3) is 0 Å². The van der Waals surface area contributed by atoms with Gasteiger partial charge in [-0.3, -0.25) is 9.88 Å². The van der Waals surface area contributed by atoms with Gasteiger partial charge in [0.05, 0.1) is 0 Å². The van der Waals surface area contributed by atoms with E-state index in [-0.39, 0.29) is 6.04 Å². The summed E-state index contributed by atoms with van der Waals surface area (Å²) in [6, 6.07) is 20.0. The Labute approximate surface area is 138 Å². The van der Waals surface area contributed by atoms with Crippen LogP contribution in [0, 0.1) is 0 Å². The van der Waals surface area contributed by atoms with Crippen LogP contribution in [0.15, 0.2) is 60.7 Å². The monoisotopic (exact) mass is 333 g/mol. The Bertz CT molecular complexity index is 625. The molecule has 0 bridgehead atoms. The van der Waals surface area contributed by atoms with Gasteiger partial charge in [0.2, 0.25) is 0 Å². The maximum absolute atomic E-state index is 12.9. The molecule has 4 nitrogen and oxygen atoms in total. The lowest BCUT2D eigenvalue weighted by molar-refractivity contribution is 0.255. The Hall–Kier alpha value is -1.45. The molecule has 2 atom stereocenters. The highest BCUT2D eigenvalue weighted by Gasteiger charge is 2.35. The standard InChI is InChI=1S/C18H24NO3P/c1-15(17-12-8-5-9-13-17)19-18(23(20,21-2)22-3)14-16-10-6-4-7-11-16/h4-13,15,18-19H,14H2,1-3H3/t15-,18?/m0/s1. The molecule has 0 saturated carbocycles. The van der Waals surface area contributed by atoms with Crippen LogP contribution in [0.3, 0.4) is 0 Å². The summed E-state index contributed by atoms with van der Waals surface area (Å²) in [5.74, 6) is -0.421. The van der Waals surface area contributed by atoms with E-state index < -0.39 is 13.4 Å². The molecular weight excluding hydrogens is 309 g/mol. The van der Waals surface area contributed by atoms with Gasteiger partial charge >= 0.3 is 7.60 Å². The maximum atomic E-state index is 12.9. The van der Waals surface area contributed by atoms with Crippen LogP contribution in [0.4, 0.5) is 0 Å². The molecule has 0 aliphatic carbocycles. The minimum absolute atomic E-state index is 0.0311. The first kappa shape index (κ1) is 17.9. The fraction of sp³-hybridized carbons (Fsp3) is 0.333. The van der Waals surface area contributed by atoms with Crippen LogP contribution in [0.1, 0.15) is 24.1 Å². The van der Waals surface area contributed by atoms with Gasteiger partial charge in [-0.15, -0.1) is 0 Å². The zero-order valence-electron chi connectivity index (χ0n) is 13.8. The summed E-state index contributed by atoms with van der Waals surface area (Å²) in [7, 11) is -0.387. The summed E-state index contributed by atoms with van der Waals surface area (Å²) in [5, 5.41) is 3.41. The Morgan fingerprint density at radius 2 is 1.48 bits per heavy atom. The molecule has 23 heavy (non-hydrogen) atoms. The lowest BCUT2D eigenvalue weighted by atomic mass is 10.1. The molecule has 0 saturated heterocycles. The SMILES string of the molecule is COP(=O)(OC)C(Cc1ccccc1)N[C@@H](C)c1ccccc1. The van der Waals surface area contributed by atoms with Crippen molar-refractivity contribution < 1.29 is 13.6 Å². The average molecular weight is 333 g/mol. The molecule has 0 aromatic heterocycles. The second kappa shape index (κ2) is 8.42. The van der Waals surface area contributed by atoms with Crippen LogP contribution in [0.5, 0.6) is 0 Å². The molecule has 2 aromatic carbocycles. The van der Waals surface area contributed by atoms with E-state index in [1.54, 1.807) is 0 Å². The zero-order chi connectivity index (χ0) is 16.7. The molecule has 5 heteroatoms. The number of nitrogens with one attached hydrogen (secondary N) is 1. The normalized spacial score (nSPS) is 14.4. The minimum atomic E-state index is -3.24. The van der Waals surface area contributed by atoms with Gasteiger partial charge in [-0.05, 0) is 24.5 Å². The van der Waals surface area contributed by atoms with Gasteiger partial charge in [-0.1, -0.05) is 60.7 Å². The van der Waals surface area contributed by atoms with Crippen molar-refractivity contribution >= 4 is 7.60 Å². The summed E-state index contributed by atoms with van der Waals surface area (Å²) in [6.45, 7) is 2.04. The third kappa shape index (κ3) is 4.76. The molecule has 2 aromatic rings. The van der Waals surface area contributed by atoms with Gasteiger partial charge in [0.15, 0.2) is 0 Å². The molecule has 1 unspecified atom stereocenters.